The third kappa shape index (κ3) is 4.69. The number of amides is 1. The predicted molar refractivity (Wildman–Crippen MR) is 119 cm³/mol. The molecular formula is C25H20F2N4O2. The highest BCUT2D eigenvalue weighted by molar-refractivity contribution is 5.83. The van der Waals surface area contributed by atoms with Crippen LogP contribution in [0.1, 0.15) is 34.2 Å². The van der Waals surface area contributed by atoms with Crippen molar-refractivity contribution in [3.63, 3.8) is 0 Å². The van der Waals surface area contributed by atoms with Gasteiger partial charge in [0.25, 0.3) is 0 Å². The number of anilines is 1. The van der Waals surface area contributed by atoms with Crippen LogP contribution in [0.4, 0.5) is 19.4 Å². The first-order valence-corrected chi connectivity index (χ1v) is 10.1. The number of benzene rings is 1. The number of pyridine rings is 3. The van der Waals surface area contributed by atoms with Crippen molar-refractivity contribution in [2.45, 2.75) is 11.8 Å². The van der Waals surface area contributed by atoms with Crippen LogP contribution < -0.4 is 4.90 Å². The summed E-state index contributed by atoms with van der Waals surface area (Å²) >= 11 is 0. The highest BCUT2D eigenvalue weighted by atomic mass is 19.1. The quantitative estimate of drug-likeness (QED) is 0.411. The average molecular weight is 446 g/mol. The van der Waals surface area contributed by atoms with Gasteiger partial charge in [-0.15, -0.1) is 0 Å². The van der Waals surface area contributed by atoms with E-state index in [0.717, 1.165) is 4.90 Å². The second-order valence-corrected chi connectivity index (χ2v) is 7.44. The van der Waals surface area contributed by atoms with E-state index >= 15 is 0 Å². The Morgan fingerprint density at radius 3 is 2.33 bits per heavy atom. The Hall–Kier alpha value is -4.20. The molecule has 2 unspecified atom stereocenters. The molecule has 0 saturated heterocycles. The fourth-order valence-corrected chi connectivity index (χ4v) is 3.84. The van der Waals surface area contributed by atoms with Crippen molar-refractivity contribution >= 4 is 11.9 Å². The van der Waals surface area contributed by atoms with E-state index in [1.165, 1.54) is 25.4 Å². The van der Waals surface area contributed by atoms with Crippen LogP contribution in [0.15, 0.2) is 85.3 Å². The Morgan fingerprint density at radius 1 is 0.909 bits per heavy atom. The molecule has 3 aromatic heterocycles. The Kier molecular flexibility index (Phi) is 6.35. The highest BCUT2D eigenvalue weighted by Crippen LogP contribution is 2.43. The Bertz CT molecular complexity index is 1250. The van der Waals surface area contributed by atoms with Crippen molar-refractivity contribution in [1.29, 1.82) is 0 Å². The normalized spacial score (nSPS) is 12.7. The molecule has 0 saturated carbocycles. The standard InChI is InChI=1S/C25H20F2N4O2/c1-31(25(32)33)21-8-2-7-20(30-21)23(16-9-11-18(26)12-10-16)22(17-5-3-13-28-15-17)19-6-4-14-29-24(19)27/h2-15,22-23H,1H3,(H,32,33). The third-order valence-electron chi connectivity index (χ3n) is 5.43. The molecule has 1 aromatic carbocycles. The number of aromatic nitrogens is 3. The fourth-order valence-electron chi connectivity index (χ4n) is 3.84. The summed E-state index contributed by atoms with van der Waals surface area (Å²) in [5.41, 5.74) is 2.19. The zero-order chi connectivity index (χ0) is 23.4. The topological polar surface area (TPSA) is 79.2 Å². The molecule has 1 N–H and O–H groups in total. The summed E-state index contributed by atoms with van der Waals surface area (Å²) in [6.45, 7) is 0. The van der Waals surface area contributed by atoms with Crippen molar-refractivity contribution < 1.29 is 18.7 Å². The van der Waals surface area contributed by atoms with Gasteiger partial charge in [0.2, 0.25) is 5.95 Å². The number of hydrogen-bond donors (Lipinski definition) is 1. The molecule has 166 valence electrons. The van der Waals surface area contributed by atoms with Gasteiger partial charge in [0.1, 0.15) is 11.6 Å². The van der Waals surface area contributed by atoms with E-state index in [-0.39, 0.29) is 5.82 Å². The lowest BCUT2D eigenvalue weighted by molar-refractivity contribution is 0.203. The van der Waals surface area contributed by atoms with E-state index in [9.17, 15) is 18.7 Å². The third-order valence-corrected chi connectivity index (χ3v) is 5.43. The highest BCUT2D eigenvalue weighted by Gasteiger charge is 2.32. The second-order valence-electron chi connectivity index (χ2n) is 7.44. The molecular weight excluding hydrogens is 426 g/mol. The lowest BCUT2D eigenvalue weighted by atomic mass is 9.76. The van der Waals surface area contributed by atoms with Crippen molar-refractivity contribution in [3.05, 3.63) is 119 Å². The molecule has 33 heavy (non-hydrogen) atoms. The maximum atomic E-state index is 15.0. The first-order valence-electron chi connectivity index (χ1n) is 10.1. The number of hydrogen-bond acceptors (Lipinski definition) is 4. The van der Waals surface area contributed by atoms with Gasteiger partial charge in [0.15, 0.2) is 0 Å². The van der Waals surface area contributed by atoms with Crippen LogP contribution in [0, 0.1) is 11.8 Å². The molecule has 0 bridgehead atoms. The van der Waals surface area contributed by atoms with Gasteiger partial charge < -0.3 is 5.11 Å². The van der Waals surface area contributed by atoms with Crippen molar-refractivity contribution in [1.82, 2.24) is 15.0 Å². The summed E-state index contributed by atoms with van der Waals surface area (Å²) in [4.78, 5) is 25.1. The van der Waals surface area contributed by atoms with Crippen molar-refractivity contribution in [2.75, 3.05) is 11.9 Å². The largest absolute Gasteiger partial charge is 0.465 e. The number of carbonyl (C=O) groups is 1. The van der Waals surface area contributed by atoms with Gasteiger partial charge in [-0.05, 0) is 47.5 Å². The van der Waals surface area contributed by atoms with Gasteiger partial charge in [0.05, 0.1) is 5.69 Å². The van der Waals surface area contributed by atoms with Crippen LogP contribution in [0.25, 0.3) is 0 Å². The fraction of sp³-hybridized carbons (Fsp3) is 0.120. The summed E-state index contributed by atoms with van der Waals surface area (Å²) in [6, 6.07) is 17.8. The van der Waals surface area contributed by atoms with Crippen LogP contribution in [0.5, 0.6) is 0 Å². The van der Waals surface area contributed by atoms with Gasteiger partial charge in [-0.2, -0.15) is 4.39 Å². The molecule has 0 aliphatic carbocycles. The van der Waals surface area contributed by atoms with E-state index in [1.54, 1.807) is 60.9 Å². The molecule has 1 amide bonds. The van der Waals surface area contributed by atoms with E-state index in [4.69, 9.17) is 0 Å². The Labute approximate surface area is 189 Å². The molecule has 3 heterocycles. The lowest BCUT2D eigenvalue weighted by Crippen LogP contribution is -2.25. The summed E-state index contributed by atoms with van der Waals surface area (Å²) in [6.07, 6.45) is 3.46. The van der Waals surface area contributed by atoms with Gasteiger partial charge in [0, 0.05) is 43.0 Å². The smallest absolute Gasteiger partial charge is 0.412 e. The lowest BCUT2D eigenvalue weighted by Gasteiger charge is -2.29. The zero-order valence-electron chi connectivity index (χ0n) is 17.6. The maximum Gasteiger partial charge on any atom is 0.412 e. The first-order chi connectivity index (χ1) is 16.0. The summed E-state index contributed by atoms with van der Waals surface area (Å²) in [7, 11) is 1.39. The van der Waals surface area contributed by atoms with Crippen molar-refractivity contribution in [3.8, 4) is 0 Å². The van der Waals surface area contributed by atoms with Crippen molar-refractivity contribution in [2.24, 2.45) is 0 Å². The van der Waals surface area contributed by atoms with Gasteiger partial charge in [-0.1, -0.05) is 30.3 Å². The zero-order valence-corrected chi connectivity index (χ0v) is 17.6. The van der Waals surface area contributed by atoms with Crippen LogP contribution in [-0.2, 0) is 0 Å². The number of halogens is 2. The van der Waals surface area contributed by atoms with Crippen LogP contribution in [0.3, 0.4) is 0 Å². The molecule has 0 radical (unpaired) electrons. The van der Waals surface area contributed by atoms with Crippen LogP contribution in [0.2, 0.25) is 0 Å². The first kappa shape index (κ1) is 22.0. The SMILES string of the molecule is CN(C(=O)O)c1cccc(C(c2ccc(F)cc2)C(c2cccnc2)c2cccnc2F)n1. The monoisotopic (exact) mass is 446 g/mol. The van der Waals surface area contributed by atoms with E-state index < -0.39 is 29.7 Å². The summed E-state index contributed by atoms with van der Waals surface area (Å²) in [5.74, 6) is -2.04. The predicted octanol–water partition coefficient (Wildman–Crippen LogP) is 5.23. The van der Waals surface area contributed by atoms with Crippen LogP contribution >= 0.6 is 0 Å². The Balaban J connectivity index is 1.97. The second kappa shape index (κ2) is 9.52. The molecule has 0 fully saturated rings. The molecule has 4 aromatic rings. The number of carboxylic acid groups (broad SMARTS) is 1. The molecule has 2 atom stereocenters. The molecule has 8 heteroatoms. The number of rotatable bonds is 6. The average Bonchev–Trinajstić information content (AvgIpc) is 2.84. The number of nitrogens with zero attached hydrogens (tertiary/aromatic N) is 4. The summed E-state index contributed by atoms with van der Waals surface area (Å²) in [5, 5.41) is 9.39. The minimum Gasteiger partial charge on any atom is -0.465 e. The molecule has 0 aliphatic heterocycles. The minimum absolute atomic E-state index is 0.212. The van der Waals surface area contributed by atoms with Gasteiger partial charge in [-0.3, -0.25) is 9.88 Å². The van der Waals surface area contributed by atoms with E-state index in [2.05, 4.69) is 15.0 Å². The molecule has 0 aliphatic rings. The maximum absolute atomic E-state index is 15.0. The molecule has 4 rings (SSSR count). The minimum atomic E-state index is -1.17. The van der Waals surface area contributed by atoms with Gasteiger partial charge in [-0.25, -0.2) is 19.2 Å². The van der Waals surface area contributed by atoms with Gasteiger partial charge >= 0.3 is 6.09 Å². The molecule has 6 nitrogen and oxygen atoms in total. The summed E-state index contributed by atoms with van der Waals surface area (Å²) < 4.78 is 28.8. The Morgan fingerprint density at radius 2 is 1.67 bits per heavy atom. The molecule has 0 spiro atoms. The van der Waals surface area contributed by atoms with Crippen LogP contribution in [-0.4, -0.2) is 33.2 Å². The van der Waals surface area contributed by atoms with E-state index in [1.807, 2.05) is 6.07 Å². The van der Waals surface area contributed by atoms with E-state index in [0.29, 0.717) is 22.4 Å².